The molecular formula is C13H17N3O5S. The Labute approximate surface area is 128 Å². The van der Waals surface area contributed by atoms with E-state index in [-0.39, 0.29) is 17.1 Å². The standard InChI is InChI=1S/C13H17N3O5S/c1-4-16-8-11(6-12(16)13(17)18)22(19,20)15(3)7-10-5-9(2)21-14-10/h5-6,8H,4,7H2,1-3H3,(H,17,18). The minimum atomic E-state index is -3.81. The molecule has 0 atom stereocenters. The summed E-state index contributed by atoms with van der Waals surface area (Å²) < 4.78 is 32.4. The Bertz CT molecular complexity index is 790. The number of carboxylic acids is 1. The lowest BCUT2D eigenvalue weighted by atomic mass is 10.4. The highest BCUT2D eigenvalue weighted by atomic mass is 32.2. The van der Waals surface area contributed by atoms with Gasteiger partial charge in [0.25, 0.3) is 0 Å². The van der Waals surface area contributed by atoms with Crippen molar-refractivity contribution < 1.29 is 22.8 Å². The number of sulfonamides is 1. The third-order valence-corrected chi connectivity index (χ3v) is 4.97. The molecule has 0 aliphatic rings. The van der Waals surface area contributed by atoms with Crippen LogP contribution in [0.5, 0.6) is 0 Å². The fourth-order valence-electron chi connectivity index (χ4n) is 2.05. The molecule has 0 radical (unpaired) electrons. The molecule has 2 aromatic heterocycles. The van der Waals surface area contributed by atoms with E-state index in [1.54, 1.807) is 19.9 Å². The summed E-state index contributed by atoms with van der Waals surface area (Å²) in [6.07, 6.45) is 1.32. The van der Waals surface area contributed by atoms with Gasteiger partial charge in [-0.3, -0.25) is 0 Å². The quantitative estimate of drug-likeness (QED) is 0.858. The van der Waals surface area contributed by atoms with E-state index in [2.05, 4.69) is 5.16 Å². The first-order chi connectivity index (χ1) is 10.3. The zero-order chi connectivity index (χ0) is 16.5. The number of hydrogen-bond donors (Lipinski definition) is 1. The predicted molar refractivity (Wildman–Crippen MR) is 77.0 cm³/mol. The maximum atomic E-state index is 12.5. The Kier molecular flexibility index (Phi) is 4.38. The summed E-state index contributed by atoms with van der Waals surface area (Å²) in [5, 5.41) is 12.9. The largest absolute Gasteiger partial charge is 0.477 e. The number of carboxylic acid groups (broad SMARTS) is 1. The van der Waals surface area contributed by atoms with E-state index in [1.165, 1.54) is 17.8 Å². The Balaban J connectivity index is 2.31. The van der Waals surface area contributed by atoms with Gasteiger partial charge in [0.05, 0.1) is 12.2 Å². The van der Waals surface area contributed by atoms with Crippen LogP contribution in [-0.4, -0.2) is 40.6 Å². The summed E-state index contributed by atoms with van der Waals surface area (Å²) in [5.74, 6) is -0.579. The highest BCUT2D eigenvalue weighted by Crippen LogP contribution is 2.20. The van der Waals surface area contributed by atoms with Gasteiger partial charge in [-0.1, -0.05) is 5.16 Å². The summed E-state index contributed by atoms with van der Waals surface area (Å²) in [6, 6.07) is 2.80. The van der Waals surface area contributed by atoms with E-state index in [0.717, 1.165) is 10.4 Å². The van der Waals surface area contributed by atoms with Crippen LogP contribution in [-0.2, 0) is 23.1 Å². The molecule has 0 saturated carbocycles. The van der Waals surface area contributed by atoms with Crippen molar-refractivity contribution in [2.75, 3.05) is 7.05 Å². The smallest absolute Gasteiger partial charge is 0.352 e. The molecule has 0 bridgehead atoms. The van der Waals surface area contributed by atoms with E-state index in [9.17, 15) is 13.2 Å². The molecule has 0 aliphatic carbocycles. The van der Waals surface area contributed by atoms with E-state index in [4.69, 9.17) is 9.63 Å². The van der Waals surface area contributed by atoms with Crippen LogP contribution < -0.4 is 0 Å². The third kappa shape index (κ3) is 3.04. The average Bonchev–Trinajstić information content (AvgIpc) is 3.05. The fraction of sp³-hybridized carbons (Fsp3) is 0.385. The maximum absolute atomic E-state index is 12.5. The van der Waals surface area contributed by atoms with E-state index in [0.29, 0.717) is 18.0 Å². The summed E-state index contributed by atoms with van der Waals surface area (Å²) in [7, 11) is -2.40. The number of carbonyl (C=O) groups is 1. The van der Waals surface area contributed by atoms with Crippen LogP contribution in [0.15, 0.2) is 27.7 Å². The van der Waals surface area contributed by atoms with Crippen molar-refractivity contribution in [1.82, 2.24) is 14.0 Å². The molecule has 1 N–H and O–H groups in total. The van der Waals surface area contributed by atoms with Gasteiger partial charge in [-0.15, -0.1) is 0 Å². The molecule has 9 heteroatoms. The number of nitrogens with zero attached hydrogens (tertiary/aromatic N) is 3. The second-order valence-corrected chi connectivity index (χ2v) is 6.89. The van der Waals surface area contributed by atoms with Crippen molar-refractivity contribution >= 4 is 16.0 Å². The molecular weight excluding hydrogens is 310 g/mol. The zero-order valence-corrected chi connectivity index (χ0v) is 13.3. The van der Waals surface area contributed by atoms with Crippen LogP contribution in [0, 0.1) is 6.92 Å². The van der Waals surface area contributed by atoms with Gasteiger partial charge in [-0.2, -0.15) is 4.31 Å². The molecule has 22 heavy (non-hydrogen) atoms. The van der Waals surface area contributed by atoms with Crippen molar-refractivity contribution in [3.05, 3.63) is 35.5 Å². The highest BCUT2D eigenvalue weighted by Gasteiger charge is 2.26. The molecule has 120 valence electrons. The van der Waals surface area contributed by atoms with Gasteiger partial charge in [0, 0.05) is 25.9 Å². The molecule has 0 aromatic carbocycles. The molecule has 0 unspecified atom stereocenters. The first-order valence-corrected chi connectivity index (χ1v) is 8.01. The van der Waals surface area contributed by atoms with Gasteiger partial charge in [-0.05, 0) is 19.9 Å². The fourth-order valence-corrected chi connectivity index (χ4v) is 3.23. The Morgan fingerprint density at radius 2 is 2.14 bits per heavy atom. The second-order valence-electron chi connectivity index (χ2n) is 4.84. The topological polar surface area (TPSA) is 106 Å². The van der Waals surface area contributed by atoms with Crippen molar-refractivity contribution in [3.63, 3.8) is 0 Å². The van der Waals surface area contributed by atoms with E-state index < -0.39 is 16.0 Å². The number of aromatic carboxylic acids is 1. The molecule has 2 rings (SSSR count). The Morgan fingerprint density at radius 1 is 1.45 bits per heavy atom. The van der Waals surface area contributed by atoms with Crippen LogP contribution in [0.1, 0.15) is 28.9 Å². The second kappa shape index (κ2) is 5.93. The Hall–Kier alpha value is -2.13. The first-order valence-electron chi connectivity index (χ1n) is 6.57. The SMILES string of the molecule is CCn1cc(S(=O)(=O)N(C)Cc2cc(C)on2)cc1C(=O)O. The summed E-state index contributed by atoms with van der Waals surface area (Å²) in [6.45, 7) is 3.86. The molecule has 0 aliphatic heterocycles. The van der Waals surface area contributed by atoms with E-state index >= 15 is 0 Å². The van der Waals surface area contributed by atoms with Crippen LogP contribution >= 0.6 is 0 Å². The van der Waals surface area contributed by atoms with Gasteiger partial charge in [0.15, 0.2) is 0 Å². The first kappa shape index (κ1) is 16.2. The average molecular weight is 327 g/mol. The number of aryl methyl sites for hydroxylation is 2. The van der Waals surface area contributed by atoms with E-state index in [1.807, 2.05) is 0 Å². The van der Waals surface area contributed by atoms with Gasteiger partial charge < -0.3 is 14.2 Å². The van der Waals surface area contributed by atoms with Gasteiger partial charge in [0.2, 0.25) is 10.0 Å². The molecule has 0 fully saturated rings. The van der Waals surface area contributed by atoms with Gasteiger partial charge in [0.1, 0.15) is 16.3 Å². The predicted octanol–water partition coefficient (Wildman–Crippen LogP) is 1.32. The molecule has 0 spiro atoms. The molecule has 0 saturated heterocycles. The van der Waals surface area contributed by atoms with Crippen molar-refractivity contribution in [1.29, 1.82) is 0 Å². The lowest BCUT2D eigenvalue weighted by molar-refractivity contribution is 0.0685. The lowest BCUT2D eigenvalue weighted by Gasteiger charge is -2.14. The minimum Gasteiger partial charge on any atom is -0.477 e. The van der Waals surface area contributed by atoms with Crippen molar-refractivity contribution in [2.24, 2.45) is 0 Å². The number of aromatic nitrogens is 2. The normalized spacial score (nSPS) is 12.0. The lowest BCUT2D eigenvalue weighted by Crippen LogP contribution is -2.26. The third-order valence-electron chi connectivity index (χ3n) is 3.20. The maximum Gasteiger partial charge on any atom is 0.352 e. The van der Waals surface area contributed by atoms with Crippen LogP contribution in [0.2, 0.25) is 0 Å². The monoisotopic (exact) mass is 327 g/mol. The van der Waals surface area contributed by atoms with Crippen LogP contribution in [0.3, 0.4) is 0 Å². The van der Waals surface area contributed by atoms with Crippen LogP contribution in [0.25, 0.3) is 0 Å². The highest BCUT2D eigenvalue weighted by molar-refractivity contribution is 7.89. The van der Waals surface area contributed by atoms with Gasteiger partial charge >= 0.3 is 5.97 Å². The minimum absolute atomic E-state index is 0.0411. The molecule has 2 aromatic rings. The van der Waals surface area contributed by atoms with Gasteiger partial charge in [-0.25, -0.2) is 13.2 Å². The number of hydrogen-bond acceptors (Lipinski definition) is 5. The van der Waals surface area contributed by atoms with Crippen molar-refractivity contribution in [3.8, 4) is 0 Å². The zero-order valence-electron chi connectivity index (χ0n) is 12.5. The Morgan fingerprint density at radius 3 is 2.59 bits per heavy atom. The molecule has 2 heterocycles. The summed E-state index contributed by atoms with van der Waals surface area (Å²) >= 11 is 0. The molecule has 0 amide bonds. The summed E-state index contributed by atoms with van der Waals surface area (Å²) in [5.41, 5.74) is 0.420. The number of rotatable bonds is 6. The van der Waals surface area contributed by atoms with Crippen LogP contribution in [0.4, 0.5) is 0 Å². The van der Waals surface area contributed by atoms with Crippen molar-refractivity contribution in [2.45, 2.75) is 31.8 Å². The summed E-state index contributed by atoms with van der Waals surface area (Å²) in [4.78, 5) is 11.1. The molecule has 8 nitrogen and oxygen atoms in total.